The number of halogens is 1. The minimum absolute atomic E-state index is 0.218. The van der Waals surface area contributed by atoms with Crippen LogP contribution in [0.1, 0.15) is 5.56 Å². The molecule has 0 aliphatic heterocycles. The van der Waals surface area contributed by atoms with Gasteiger partial charge < -0.3 is 10.1 Å². The van der Waals surface area contributed by atoms with Gasteiger partial charge in [-0.15, -0.1) is 0 Å². The van der Waals surface area contributed by atoms with Crippen molar-refractivity contribution in [3.63, 3.8) is 0 Å². The Balaban J connectivity index is 2.32. The van der Waals surface area contributed by atoms with Crippen molar-refractivity contribution in [3.8, 4) is 0 Å². The van der Waals surface area contributed by atoms with Gasteiger partial charge in [-0.3, -0.25) is 4.79 Å². The average Bonchev–Trinajstić information content (AvgIpc) is 2.21. The number of nitrogens with one attached hydrogen (secondary N) is 1. The molecular weight excluding hydrogens is 258 g/mol. The maximum atomic E-state index is 11.0. The van der Waals surface area contributed by atoms with Gasteiger partial charge in [0.05, 0.1) is 13.2 Å². The quantitative estimate of drug-likeness (QED) is 0.830. The standard InChI is InChI=1S/C11H14BrNO2/c1-13-8-11(14)15-7-6-9-4-2-3-5-10(9)12/h2-5,13H,6-8H2,1H3. The fourth-order valence-electron chi connectivity index (χ4n) is 1.17. The van der Waals surface area contributed by atoms with Gasteiger partial charge in [0, 0.05) is 10.9 Å². The zero-order valence-corrected chi connectivity index (χ0v) is 10.2. The number of carbonyl (C=O) groups is 1. The summed E-state index contributed by atoms with van der Waals surface area (Å²) in [6.45, 7) is 0.680. The number of rotatable bonds is 5. The van der Waals surface area contributed by atoms with Gasteiger partial charge in [-0.05, 0) is 18.7 Å². The third-order valence-electron chi connectivity index (χ3n) is 1.91. The third-order valence-corrected chi connectivity index (χ3v) is 2.69. The van der Waals surface area contributed by atoms with Gasteiger partial charge in [0.1, 0.15) is 0 Å². The van der Waals surface area contributed by atoms with E-state index in [9.17, 15) is 4.79 Å². The van der Waals surface area contributed by atoms with E-state index in [1.54, 1.807) is 7.05 Å². The summed E-state index contributed by atoms with van der Waals surface area (Å²) < 4.78 is 6.07. The molecule has 0 bridgehead atoms. The fourth-order valence-corrected chi connectivity index (χ4v) is 1.65. The van der Waals surface area contributed by atoms with Crippen LogP contribution in [0.3, 0.4) is 0 Å². The van der Waals surface area contributed by atoms with Gasteiger partial charge in [-0.25, -0.2) is 0 Å². The van der Waals surface area contributed by atoms with Crippen LogP contribution >= 0.6 is 15.9 Å². The summed E-state index contributed by atoms with van der Waals surface area (Å²) in [5.74, 6) is -0.218. The second-order valence-electron chi connectivity index (χ2n) is 3.09. The maximum Gasteiger partial charge on any atom is 0.319 e. The Morgan fingerprint density at radius 2 is 2.20 bits per heavy atom. The number of ether oxygens (including phenoxy) is 1. The zero-order valence-electron chi connectivity index (χ0n) is 8.63. The highest BCUT2D eigenvalue weighted by Crippen LogP contribution is 2.16. The molecule has 0 unspecified atom stereocenters. The van der Waals surface area contributed by atoms with Gasteiger partial charge >= 0.3 is 5.97 Å². The highest BCUT2D eigenvalue weighted by atomic mass is 79.9. The molecule has 82 valence electrons. The lowest BCUT2D eigenvalue weighted by Gasteiger charge is -2.05. The number of esters is 1. The van der Waals surface area contributed by atoms with Crippen LogP contribution in [0, 0.1) is 0 Å². The van der Waals surface area contributed by atoms with E-state index in [-0.39, 0.29) is 12.5 Å². The van der Waals surface area contributed by atoms with Crippen molar-refractivity contribution in [2.75, 3.05) is 20.2 Å². The van der Waals surface area contributed by atoms with Crippen molar-refractivity contribution in [1.29, 1.82) is 0 Å². The van der Waals surface area contributed by atoms with Crippen molar-refractivity contribution in [3.05, 3.63) is 34.3 Å². The van der Waals surface area contributed by atoms with Crippen LogP contribution in [0.15, 0.2) is 28.7 Å². The Morgan fingerprint density at radius 3 is 2.87 bits per heavy atom. The molecule has 0 aromatic heterocycles. The molecule has 0 aliphatic rings. The smallest absolute Gasteiger partial charge is 0.319 e. The Morgan fingerprint density at radius 1 is 1.47 bits per heavy atom. The van der Waals surface area contributed by atoms with E-state index in [4.69, 9.17) is 4.74 Å². The van der Waals surface area contributed by atoms with Crippen molar-refractivity contribution >= 4 is 21.9 Å². The summed E-state index contributed by atoms with van der Waals surface area (Å²) in [5.41, 5.74) is 1.15. The van der Waals surface area contributed by atoms with Crippen LogP contribution in [-0.2, 0) is 16.0 Å². The van der Waals surface area contributed by atoms with Crippen molar-refractivity contribution in [1.82, 2.24) is 5.32 Å². The van der Waals surface area contributed by atoms with Gasteiger partial charge in [0.2, 0.25) is 0 Å². The van der Waals surface area contributed by atoms with Crippen molar-refractivity contribution in [2.45, 2.75) is 6.42 Å². The Labute approximate surface area is 97.9 Å². The molecular formula is C11H14BrNO2. The lowest BCUT2D eigenvalue weighted by molar-refractivity contribution is -0.142. The first-order valence-electron chi connectivity index (χ1n) is 4.77. The number of hydrogen-bond donors (Lipinski definition) is 1. The van der Waals surface area contributed by atoms with Crippen LogP contribution in [-0.4, -0.2) is 26.2 Å². The van der Waals surface area contributed by atoms with Crippen LogP contribution < -0.4 is 5.32 Å². The summed E-state index contributed by atoms with van der Waals surface area (Å²) in [4.78, 5) is 11.0. The summed E-state index contributed by atoms with van der Waals surface area (Å²) in [5, 5.41) is 2.74. The molecule has 15 heavy (non-hydrogen) atoms. The summed E-state index contributed by atoms with van der Waals surface area (Å²) >= 11 is 3.44. The zero-order chi connectivity index (χ0) is 11.1. The van der Waals surface area contributed by atoms with E-state index in [0.717, 1.165) is 16.5 Å². The van der Waals surface area contributed by atoms with Gasteiger partial charge in [-0.1, -0.05) is 34.1 Å². The lowest BCUT2D eigenvalue weighted by atomic mass is 10.2. The fraction of sp³-hybridized carbons (Fsp3) is 0.364. The highest BCUT2D eigenvalue weighted by Gasteiger charge is 2.02. The molecule has 0 atom stereocenters. The van der Waals surface area contributed by atoms with Crippen LogP contribution in [0.5, 0.6) is 0 Å². The first-order valence-corrected chi connectivity index (χ1v) is 5.57. The molecule has 3 nitrogen and oxygen atoms in total. The highest BCUT2D eigenvalue weighted by molar-refractivity contribution is 9.10. The predicted octanol–water partition coefficient (Wildman–Crippen LogP) is 1.75. The first kappa shape index (κ1) is 12.2. The number of hydrogen-bond acceptors (Lipinski definition) is 3. The number of benzene rings is 1. The van der Waals surface area contributed by atoms with Gasteiger partial charge in [0.15, 0.2) is 0 Å². The minimum Gasteiger partial charge on any atom is -0.464 e. The van der Waals surface area contributed by atoms with Crippen molar-refractivity contribution in [2.24, 2.45) is 0 Å². The van der Waals surface area contributed by atoms with E-state index >= 15 is 0 Å². The lowest BCUT2D eigenvalue weighted by Crippen LogP contribution is -2.21. The number of likely N-dealkylation sites (N-methyl/N-ethyl adjacent to an activating group) is 1. The van der Waals surface area contributed by atoms with E-state index < -0.39 is 0 Å². The molecule has 0 amide bonds. The molecule has 0 radical (unpaired) electrons. The molecule has 0 heterocycles. The number of carbonyl (C=O) groups excluding carboxylic acids is 1. The van der Waals surface area contributed by atoms with Crippen LogP contribution in [0.25, 0.3) is 0 Å². The SMILES string of the molecule is CNCC(=O)OCCc1ccccc1Br. The molecule has 1 aromatic rings. The first-order chi connectivity index (χ1) is 7.24. The average molecular weight is 272 g/mol. The normalized spacial score (nSPS) is 10.0. The van der Waals surface area contributed by atoms with E-state index in [1.807, 2.05) is 24.3 Å². The van der Waals surface area contributed by atoms with Gasteiger partial charge in [-0.2, -0.15) is 0 Å². The Bertz CT molecular complexity index is 328. The summed E-state index contributed by atoms with van der Waals surface area (Å²) in [6, 6.07) is 7.91. The maximum absolute atomic E-state index is 11.0. The molecule has 0 saturated heterocycles. The predicted molar refractivity (Wildman–Crippen MR) is 62.7 cm³/mol. The largest absolute Gasteiger partial charge is 0.464 e. The third kappa shape index (κ3) is 4.44. The molecule has 0 aliphatic carbocycles. The molecule has 4 heteroatoms. The Kier molecular flexibility index (Phi) is 5.36. The second kappa shape index (κ2) is 6.58. The van der Waals surface area contributed by atoms with Gasteiger partial charge in [0.25, 0.3) is 0 Å². The molecule has 1 N–H and O–H groups in total. The molecule has 0 saturated carbocycles. The molecule has 0 spiro atoms. The minimum atomic E-state index is -0.218. The van der Waals surface area contributed by atoms with Crippen LogP contribution in [0.2, 0.25) is 0 Å². The van der Waals surface area contributed by atoms with Crippen LogP contribution in [0.4, 0.5) is 0 Å². The van der Waals surface area contributed by atoms with E-state index in [0.29, 0.717) is 6.61 Å². The van der Waals surface area contributed by atoms with E-state index in [2.05, 4.69) is 21.2 Å². The van der Waals surface area contributed by atoms with E-state index in [1.165, 1.54) is 0 Å². The second-order valence-corrected chi connectivity index (χ2v) is 3.95. The topological polar surface area (TPSA) is 38.3 Å². The van der Waals surface area contributed by atoms with Crippen molar-refractivity contribution < 1.29 is 9.53 Å². The molecule has 1 rings (SSSR count). The summed E-state index contributed by atoms with van der Waals surface area (Å²) in [6.07, 6.45) is 0.733. The molecule has 0 fully saturated rings. The molecule has 1 aromatic carbocycles. The monoisotopic (exact) mass is 271 g/mol. The Hall–Kier alpha value is -0.870. The summed E-state index contributed by atoms with van der Waals surface area (Å²) in [7, 11) is 1.72.